The minimum Gasteiger partial charge on any atom is -0.294 e. The third-order valence-corrected chi connectivity index (χ3v) is 10.4. The lowest BCUT2D eigenvalue weighted by atomic mass is 9.85. The van der Waals surface area contributed by atoms with Crippen molar-refractivity contribution < 1.29 is 14.4 Å². The molecule has 3 heterocycles. The van der Waals surface area contributed by atoms with Gasteiger partial charge in [0.2, 0.25) is 0 Å². The first-order valence-electron chi connectivity index (χ1n) is 20.7. The molecule has 7 rings (SSSR count). The lowest BCUT2D eigenvalue weighted by Gasteiger charge is -2.19. The van der Waals surface area contributed by atoms with Gasteiger partial charge in [0.05, 0.1) is 11.7 Å². The zero-order valence-corrected chi connectivity index (χ0v) is 37.4. The Balaban J connectivity index is 0.000000174. The fraction of sp³-hybridized carbons (Fsp3) is 0.302. The third-order valence-electron chi connectivity index (χ3n) is 10.4. The zero-order chi connectivity index (χ0) is 44.4. The molecular formula is C53H59N5O3. The highest BCUT2D eigenvalue weighted by atomic mass is 16.1. The summed E-state index contributed by atoms with van der Waals surface area (Å²) in [6.07, 6.45) is 11.3. The molecule has 3 aromatic heterocycles. The predicted octanol–water partition coefficient (Wildman–Crippen LogP) is 11.3. The standard InChI is InChI=1S/C20H22N2O.C17H19NO.C16H18N2O/c1-20(2,3)17-7-5-6-15(12-17)19(23)11-14-8-9-18-16(10-14)13-21-22(18)4;1-17(2,3)15-8-4-7-14(11-15)16(19)10-13-6-5-9-18-12-13;1-16(2,3)14-6-4-5-13(8-14)15(19)7-12-9-17-11-18-10-12/h5-10,12-13H,11H2,1-4H3;4-9,11-12H,10H2,1-3H3;4-6,8-11H,7H2,1-3H3. The van der Waals surface area contributed by atoms with Crippen LogP contribution in [0.25, 0.3) is 10.9 Å². The van der Waals surface area contributed by atoms with E-state index >= 15 is 0 Å². The van der Waals surface area contributed by atoms with Crippen molar-refractivity contribution in [2.45, 2.75) is 97.8 Å². The predicted molar refractivity (Wildman–Crippen MR) is 247 cm³/mol. The molecule has 0 amide bonds. The molecule has 8 heteroatoms. The van der Waals surface area contributed by atoms with Gasteiger partial charge in [-0.05, 0) is 86.0 Å². The van der Waals surface area contributed by atoms with E-state index in [4.69, 9.17) is 0 Å². The molecular weight excluding hydrogens is 755 g/mol. The molecule has 314 valence electrons. The largest absolute Gasteiger partial charge is 0.294 e. The van der Waals surface area contributed by atoms with E-state index in [-0.39, 0.29) is 33.6 Å². The number of nitrogens with zero attached hydrogens (tertiary/aromatic N) is 5. The number of benzene rings is 4. The summed E-state index contributed by atoms with van der Waals surface area (Å²) < 4.78 is 1.84. The monoisotopic (exact) mass is 813 g/mol. The number of aromatic nitrogens is 5. The first-order chi connectivity index (χ1) is 28.8. The Morgan fingerprint density at radius 2 is 0.918 bits per heavy atom. The van der Waals surface area contributed by atoms with E-state index in [0.29, 0.717) is 19.3 Å². The van der Waals surface area contributed by atoms with Gasteiger partial charge in [0.1, 0.15) is 6.33 Å². The number of aryl methyl sites for hydroxylation is 1. The Labute approximate surface area is 361 Å². The second-order valence-corrected chi connectivity index (χ2v) is 18.6. The van der Waals surface area contributed by atoms with Crippen molar-refractivity contribution in [1.82, 2.24) is 24.7 Å². The number of hydrogen-bond donors (Lipinski definition) is 0. The van der Waals surface area contributed by atoms with Crippen molar-refractivity contribution >= 4 is 28.3 Å². The minimum atomic E-state index is 0.0465. The van der Waals surface area contributed by atoms with E-state index in [1.54, 1.807) is 24.8 Å². The van der Waals surface area contributed by atoms with Crippen molar-refractivity contribution in [2.24, 2.45) is 7.05 Å². The van der Waals surface area contributed by atoms with Crippen LogP contribution >= 0.6 is 0 Å². The van der Waals surface area contributed by atoms with E-state index in [9.17, 15) is 14.4 Å². The summed E-state index contributed by atoms with van der Waals surface area (Å²) in [4.78, 5) is 49.0. The second kappa shape index (κ2) is 19.8. The van der Waals surface area contributed by atoms with Gasteiger partial charge >= 0.3 is 0 Å². The fourth-order valence-corrected chi connectivity index (χ4v) is 6.59. The summed E-state index contributed by atoms with van der Waals surface area (Å²) in [6.45, 7) is 19.4. The Kier molecular flexibility index (Phi) is 14.8. The Morgan fingerprint density at radius 1 is 0.475 bits per heavy atom. The molecule has 0 aliphatic rings. The van der Waals surface area contributed by atoms with Crippen LogP contribution in [0.3, 0.4) is 0 Å². The summed E-state index contributed by atoms with van der Waals surface area (Å²) in [5.74, 6) is 0.388. The summed E-state index contributed by atoms with van der Waals surface area (Å²) in [5, 5.41) is 5.32. The summed E-state index contributed by atoms with van der Waals surface area (Å²) in [7, 11) is 1.92. The van der Waals surface area contributed by atoms with Crippen molar-refractivity contribution in [3.63, 3.8) is 0 Å². The number of pyridine rings is 1. The van der Waals surface area contributed by atoms with Crippen molar-refractivity contribution in [2.75, 3.05) is 0 Å². The highest BCUT2D eigenvalue weighted by Crippen LogP contribution is 2.26. The van der Waals surface area contributed by atoms with E-state index in [1.807, 2.05) is 103 Å². The van der Waals surface area contributed by atoms with Crippen molar-refractivity contribution in [3.05, 3.63) is 191 Å². The van der Waals surface area contributed by atoms with Gasteiger partial charge in [0.15, 0.2) is 17.3 Å². The Hall–Kier alpha value is -6.41. The van der Waals surface area contributed by atoms with Gasteiger partial charge in [-0.2, -0.15) is 5.10 Å². The molecule has 8 nitrogen and oxygen atoms in total. The van der Waals surface area contributed by atoms with E-state index in [0.717, 1.165) is 44.3 Å². The van der Waals surface area contributed by atoms with Crippen LogP contribution < -0.4 is 0 Å². The Bertz CT molecular complexity index is 2470. The molecule has 0 aliphatic heterocycles. The third kappa shape index (κ3) is 13.3. The quantitative estimate of drug-likeness (QED) is 0.134. The van der Waals surface area contributed by atoms with E-state index in [2.05, 4.69) is 101 Å². The lowest BCUT2D eigenvalue weighted by molar-refractivity contribution is 0.0984. The number of carbonyl (C=O) groups excluding carboxylic acids is 3. The second-order valence-electron chi connectivity index (χ2n) is 18.6. The van der Waals surface area contributed by atoms with Gasteiger partial charge < -0.3 is 0 Å². The number of rotatable bonds is 9. The first kappa shape index (κ1) is 45.7. The molecule has 0 radical (unpaired) electrons. The normalized spacial score (nSPS) is 11.5. The average molecular weight is 814 g/mol. The van der Waals surface area contributed by atoms with Gasteiger partial charge in [-0.3, -0.25) is 24.0 Å². The van der Waals surface area contributed by atoms with Crippen LogP contribution in [-0.2, 0) is 42.6 Å². The van der Waals surface area contributed by atoms with Crippen LogP contribution in [0.15, 0.2) is 140 Å². The van der Waals surface area contributed by atoms with Crippen LogP contribution in [0.5, 0.6) is 0 Å². The molecule has 0 bridgehead atoms. The van der Waals surface area contributed by atoms with Gasteiger partial charge in [-0.25, -0.2) is 9.97 Å². The Morgan fingerprint density at radius 3 is 1.36 bits per heavy atom. The highest BCUT2D eigenvalue weighted by molar-refractivity contribution is 5.99. The molecule has 0 saturated heterocycles. The number of ketones is 3. The molecule has 4 aromatic carbocycles. The fourth-order valence-electron chi connectivity index (χ4n) is 6.59. The van der Waals surface area contributed by atoms with Gasteiger partial charge in [-0.1, -0.05) is 129 Å². The summed E-state index contributed by atoms with van der Waals surface area (Å²) in [5.41, 5.74) is 9.89. The smallest absolute Gasteiger partial charge is 0.167 e. The molecule has 0 fully saturated rings. The van der Waals surface area contributed by atoms with Gasteiger partial charge in [0.25, 0.3) is 0 Å². The average Bonchev–Trinajstić information content (AvgIpc) is 3.60. The van der Waals surface area contributed by atoms with Gasteiger partial charge in [-0.15, -0.1) is 0 Å². The van der Waals surface area contributed by atoms with Crippen LogP contribution in [0.2, 0.25) is 0 Å². The highest BCUT2D eigenvalue weighted by Gasteiger charge is 2.18. The topological polar surface area (TPSA) is 108 Å². The summed E-state index contributed by atoms with van der Waals surface area (Å²) >= 11 is 0. The maximum absolute atomic E-state index is 12.6. The van der Waals surface area contributed by atoms with Gasteiger partial charge in [0, 0.05) is 73.2 Å². The SMILES string of the molecule is CC(C)(C)c1cccc(C(=O)Cc2cccnc2)c1.CC(C)(C)c1cccc(C(=O)Cc2cncnc2)c1.Cn1ncc2cc(CC(=O)c3cccc(C(C)(C)C)c3)ccc21. The molecule has 61 heavy (non-hydrogen) atoms. The van der Waals surface area contributed by atoms with E-state index in [1.165, 1.54) is 23.0 Å². The minimum absolute atomic E-state index is 0.0465. The molecule has 0 N–H and O–H groups in total. The molecule has 7 aromatic rings. The maximum atomic E-state index is 12.6. The van der Waals surface area contributed by atoms with E-state index < -0.39 is 0 Å². The van der Waals surface area contributed by atoms with Crippen LogP contribution in [0, 0.1) is 0 Å². The number of hydrogen-bond acceptors (Lipinski definition) is 7. The molecule has 0 saturated carbocycles. The summed E-state index contributed by atoms with van der Waals surface area (Å²) in [6, 6.07) is 33.6. The molecule has 0 atom stereocenters. The molecule has 0 aliphatic carbocycles. The zero-order valence-electron chi connectivity index (χ0n) is 37.4. The number of Topliss-reactive ketones (excluding diaryl/α,β-unsaturated/α-hetero) is 3. The van der Waals surface area contributed by atoms with Crippen LogP contribution in [0.4, 0.5) is 0 Å². The van der Waals surface area contributed by atoms with Crippen LogP contribution in [0.1, 0.15) is 127 Å². The van der Waals surface area contributed by atoms with Crippen LogP contribution in [-0.4, -0.2) is 42.1 Å². The first-order valence-corrected chi connectivity index (χ1v) is 20.7. The maximum Gasteiger partial charge on any atom is 0.167 e. The lowest BCUT2D eigenvalue weighted by Crippen LogP contribution is -2.13. The number of fused-ring (bicyclic) bond motifs is 1. The van der Waals surface area contributed by atoms with Crippen molar-refractivity contribution in [1.29, 1.82) is 0 Å². The molecule has 0 spiro atoms. The number of carbonyl (C=O) groups is 3. The molecule has 0 unspecified atom stereocenters. The van der Waals surface area contributed by atoms with Crippen molar-refractivity contribution in [3.8, 4) is 0 Å².